The zero-order chi connectivity index (χ0) is 21.8. The Labute approximate surface area is 185 Å². The Balaban J connectivity index is 1.25. The molecule has 1 amide bonds. The summed E-state index contributed by atoms with van der Waals surface area (Å²) in [6, 6.07) is 16.3. The number of hydrogen-bond acceptors (Lipinski definition) is 4. The first-order valence-corrected chi connectivity index (χ1v) is 11.3. The second-order valence-electron chi connectivity index (χ2n) is 8.79. The van der Waals surface area contributed by atoms with Gasteiger partial charge in [-0.3, -0.25) is 9.59 Å². The van der Waals surface area contributed by atoms with Crippen LogP contribution in [0.4, 0.5) is 5.69 Å². The van der Waals surface area contributed by atoms with Crippen molar-refractivity contribution in [3.63, 3.8) is 0 Å². The molecular weight excluding hydrogens is 388 g/mol. The Bertz CT molecular complexity index is 933. The maximum Gasteiger partial charge on any atom is 0.227 e. The molecule has 0 radical (unpaired) electrons. The van der Waals surface area contributed by atoms with Gasteiger partial charge in [-0.15, -0.1) is 0 Å². The van der Waals surface area contributed by atoms with Crippen LogP contribution in [0.2, 0.25) is 0 Å². The van der Waals surface area contributed by atoms with Gasteiger partial charge in [0.05, 0.1) is 12.0 Å². The van der Waals surface area contributed by atoms with Crippen molar-refractivity contribution in [2.24, 2.45) is 0 Å². The van der Waals surface area contributed by atoms with Gasteiger partial charge in [0.25, 0.3) is 0 Å². The van der Waals surface area contributed by atoms with Crippen LogP contribution in [0.1, 0.15) is 43.7 Å². The van der Waals surface area contributed by atoms with Crippen molar-refractivity contribution in [3.8, 4) is 5.75 Å². The number of amides is 1. The van der Waals surface area contributed by atoms with Crippen molar-refractivity contribution in [2.45, 2.75) is 44.4 Å². The third kappa shape index (κ3) is 4.52. The third-order valence-corrected chi connectivity index (χ3v) is 6.99. The van der Waals surface area contributed by atoms with E-state index < -0.39 is 0 Å². The Morgan fingerprint density at radius 3 is 2.52 bits per heavy atom. The highest BCUT2D eigenvalue weighted by Crippen LogP contribution is 2.36. The monoisotopic (exact) mass is 420 g/mol. The van der Waals surface area contributed by atoms with Crippen LogP contribution in [0.5, 0.6) is 5.75 Å². The van der Waals surface area contributed by atoms with Crippen molar-refractivity contribution >= 4 is 17.4 Å². The molecule has 2 aromatic rings. The molecule has 5 nitrogen and oxygen atoms in total. The van der Waals surface area contributed by atoms with Crippen LogP contribution in [-0.2, 0) is 21.4 Å². The van der Waals surface area contributed by atoms with Crippen LogP contribution < -0.4 is 9.64 Å². The summed E-state index contributed by atoms with van der Waals surface area (Å²) in [5.74, 6) is 1.32. The molecule has 0 aromatic heterocycles. The molecular formula is C26H32N2O3. The second-order valence-corrected chi connectivity index (χ2v) is 8.79. The number of rotatable bonds is 7. The topological polar surface area (TPSA) is 49.9 Å². The van der Waals surface area contributed by atoms with Gasteiger partial charge in [0.15, 0.2) is 0 Å². The standard InChI is InChI=1S/C26H32N2O3/c1-20(29)26(22-7-4-3-5-8-22)13-16-28(17-14-26)15-6-18-31-23-10-11-24-21(19-23)9-12-25(30)27(24)2/h3-5,7-8,10-11,19H,6,9,12-18H2,1-2H3. The number of ether oxygens (including phenoxy) is 1. The number of likely N-dealkylation sites (tertiary alicyclic amines) is 1. The molecule has 1 fully saturated rings. The second kappa shape index (κ2) is 9.23. The lowest BCUT2D eigenvalue weighted by Crippen LogP contribution is -2.46. The van der Waals surface area contributed by atoms with E-state index in [-0.39, 0.29) is 17.1 Å². The molecule has 1 saturated heterocycles. The van der Waals surface area contributed by atoms with Gasteiger partial charge in [-0.05, 0) is 75.0 Å². The summed E-state index contributed by atoms with van der Waals surface area (Å²) in [5, 5.41) is 0. The average molecular weight is 421 g/mol. The number of aryl methyl sites for hydroxylation is 1. The first-order valence-electron chi connectivity index (χ1n) is 11.3. The molecule has 0 N–H and O–H groups in total. The molecule has 0 aliphatic carbocycles. The van der Waals surface area contributed by atoms with Crippen molar-refractivity contribution in [3.05, 3.63) is 59.7 Å². The van der Waals surface area contributed by atoms with Gasteiger partial charge in [0.1, 0.15) is 11.5 Å². The predicted molar refractivity (Wildman–Crippen MR) is 123 cm³/mol. The summed E-state index contributed by atoms with van der Waals surface area (Å²) in [4.78, 5) is 28.5. The summed E-state index contributed by atoms with van der Waals surface area (Å²) in [6.45, 7) is 5.26. The van der Waals surface area contributed by atoms with Crippen molar-refractivity contribution in [1.29, 1.82) is 0 Å². The van der Waals surface area contributed by atoms with E-state index >= 15 is 0 Å². The number of fused-ring (bicyclic) bond motifs is 1. The lowest BCUT2D eigenvalue weighted by atomic mass is 9.70. The summed E-state index contributed by atoms with van der Waals surface area (Å²) >= 11 is 0. The minimum Gasteiger partial charge on any atom is -0.494 e. The highest BCUT2D eigenvalue weighted by Gasteiger charge is 2.40. The Morgan fingerprint density at radius 1 is 1.06 bits per heavy atom. The Morgan fingerprint density at radius 2 is 1.81 bits per heavy atom. The first kappa shape index (κ1) is 21.6. The molecule has 0 spiro atoms. The van der Waals surface area contributed by atoms with E-state index in [1.54, 1.807) is 11.8 Å². The number of carbonyl (C=O) groups excluding carboxylic acids is 2. The molecule has 164 valence electrons. The van der Waals surface area contributed by atoms with Crippen LogP contribution in [0.3, 0.4) is 0 Å². The SMILES string of the molecule is CC(=O)C1(c2ccccc2)CCN(CCCOc2ccc3c(c2)CCC(=O)N3C)CC1. The molecule has 5 heteroatoms. The maximum atomic E-state index is 12.5. The van der Waals surface area contributed by atoms with Gasteiger partial charge in [-0.2, -0.15) is 0 Å². The largest absolute Gasteiger partial charge is 0.494 e. The molecule has 31 heavy (non-hydrogen) atoms. The number of carbonyl (C=O) groups is 2. The van der Waals surface area contributed by atoms with Crippen LogP contribution >= 0.6 is 0 Å². The summed E-state index contributed by atoms with van der Waals surface area (Å²) < 4.78 is 5.99. The average Bonchev–Trinajstić information content (AvgIpc) is 2.80. The highest BCUT2D eigenvalue weighted by atomic mass is 16.5. The zero-order valence-corrected chi connectivity index (χ0v) is 18.6. The van der Waals surface area contributed by atoms with Crippen molar-refractivity contribution in [1.82, 2.24) is 4.90 Å². The van der Waals surface area contributed by atoms with Gasteiger partial charge in [0.2, 0.25) is 5.91 Å². The molecule has 0 atom stereocenters. The number of benzene rings is 2. The number of hydrogen-bond donors (Lipinski definition) is 0. The molecule has 2 aromatic carbocycles. The molecule has 2 aliphatic heterocycles. The number of anilines is 1. The summed E-state index contributed by atoms with van der Waals surface area (Å²) in [7, 11) is 1.83. The molecule has 0 saturated carbocycles. The van der Waals surface area contributed by atoms with Gasteiger partial charge < -0.3 is 14.5 Å². The Hall–Kier alpha value is -2.66. The normalized spacial score (nSPS) is 18.5. The minimum absolute atomic E-state index is 0.170. The molecule has 0 unspecified atom stereocenters. The van der Waals surface area contributed by atoms with Crippen LogP contribution in [0, 0.1) is 0 Å². The molecule has 4 rings (SSSR count). The fourth-order valence-electron chi connectivity index (χ4n) is 4.96. The lowest BCUT2D eigenvalue weighted by molar-refractivity contribution is -0.124. The smallest absolute Gasteiger partial charge is 0.227 e. The van der Waals surface area contributed by atoms with Gasteiger partial charge in [-0.1, -0.05) is 30.3 Å². The zero-order valence-electron chi connectivity index (χ0n) is 18.6. The van der Waals surface area contributed by atoms with Gasteiger partial charge in [-0.25, -0.2) is 0 Å². The van der Waals surface area contributed by atoms with Gasteiger partial charge in [0, 0.05) is 25.7 Å². The van der Waals surface area contributed by atoms with Gasteiger partial charge >= 0.3 is 0 Å². The number of piperidine rings is 1. The van der Waals surface area contributed by atoms with Crippen LogP contribution in [0.25, 0.3) is 0 Å². The minimum atomic E-state index is -0.327. The van der Waals surface area contributed by atoms with Crippen molar-refractivity contribution < 1.29 is 14.3 Å². The quantitative estimate of drug-likeness (QED) is 0.636. The van der Waals surface area contributed by atoms with E-state index in [1.807, 2.05) is 37.4 Å². The number of nitrogens with zero attached hydrogens (tertiary/aromatic N) is 2. The number of Topliss-reactive ketones (excluding diaryl/α,β-unsaturated/α-hetero) is 1. The lowest BCUT2D eigenvalue weighted by Gasteiger charge is -2.40. The van der Waals surface area contributed by atoms with E-state index in [4.69, 9.17) is 4.74 Å². The fourth-order valence-corrected chi connectivity index (χ4v) is 4.96. The van der Waals surface area contributed by atoms with E-state index in [2.05, 4.69) is 23.1 Å². The van der Waals surface area contributed by atoms with Crippen molar-refractivity contribution in [2.75, 3.05) is 38.2 Å². The predicted octanol–water partition coefficient (Wildman–Crippen LogP) is 3.99. The summed E-state index contributed by atoms with van der Waals surface area (Å²) in [6.07, 6.45) is 4.05. The van der Waals surface area contributed by atoms with Crippen LogP contribution in [-0.4, -0.2) is 49.9 Å². The highest BCUT2D eigenvalue weighted by molar-refractivity contribution is 5.96. The summed E-state index contributed by atoms with van der Waals surface area (Å²) in [5.41, 5.74) is 3.00. The fraction of sp³-hybridized carbons (Fsp3) is 0.462. The van der Waals surface area contributed by atoms with Crippen LogP contribution in [0.15, 0.2) is 48.5 Å². The van der Waals surface area contributed by atoms with E-state index in [0.717, 1.165) is 62.3 Å². The molecule has 0 bridgehead atoms. The molecule has 2 heterocycles. The molecule has 2 aliphatic rings. The van der Waals surface area contributed by atoms with E-state index in [1.165, 1.54) is 5.56 Å². The Kier molecular flexibility index (Phi) is 6.42. The van der Waals surface area contributed by atoms with E-state index in [9.17, 15) is 9.59 Å². The third-order valence-electron chi connectivity index (χ3n) is 6.99. The maximum absolute atomic E-state index is 12.5. The first-order chi connectivity index (χ1) is 15.0. The number of ketones is 1. The van der Waals surface area contributed by atoms with E-state index in [0.29, 0.717) is 13.0 Å².